The van der Waals surface area contributed by atoms with Crippen LogP contribution in [0.2, 0.25) is 5.02 Å². The number of thiocarbonyl (C=S) groups is 1. The monoisotopic (exact) mass is 571 g/mol. The fraction of sp³-hybridized carbons (Fsp3) is 0.258. The van der Waals surface area contributed by atoms with E-state index in [4.69, 9.17) is 23.8 Å². The lowest BCUT2D eigenvalue weighted by molar-refractivity contribution is 0.0697. The zero-order valence-electron chi connectivity index (χ0n) is 22.1. The third-order valence-corrected chi connectivity index (χ3v) is 8.52. The molecule has 6 rings (SSSR count). The first-order valence-corrected chi connectivity index (χ1v) is 14.3. The van der Waals surface area contributed by atoms with Crippen molar-refractivity contribution < 1.29 is 9.90 Å². The lowest BCUT2D eigenvalue weighted by atomic mass is 9.98. The van der Waals surface area contributed by atoms with Crippen LogP contribution in [-0.2, 0) is 0 Å². The molecule has 0 radical (unpaired) electrons. The Hall–Kier alpha value is -3.88. The Bertz CT molecular complexity index is 1530. The molecule has 204 valence electrons. The number of carboxylic acid groups (broad SMARTS) is 1. The van der Waals surface area contributed by atoms with E-state index in [-0.39, 0.29) is 17.6 Å². The number of piperidine rings is 1. The highest BCUT2D eigenvalue weighted by molar-refractivity contribution is 7.80. The van der Waals surface area contributed by atoms with Gasteiger partial charge in [0.2, 0.25) is 0 Å². The summed E-state index contributed by atoms with van der Waals surface area (Å²) in [7, 11) is 0. The average molecular weight is 572 g/mol. The first-order valence-electron chi connectivity index (χ1n) is 13.5. The number of benzene rings is 2. The molecule has 2 aromatic carbocycles. The third-order valence-electron chi connectivity index (χ3n) is 7.91. The SMILES string of the molecule is CC1CCN(c2ccc(N3C(=S)N[C@H](c4ccccn4)[C@@H]3c3cccn3-c3ccc(C(=O)O)cc3)cc2Cl)CC1. The van der Waals surface area contributed by atoms with Gasteiger partial charge in [-0.1, -0.05) is 24.6 Å². The largest absolute Gasteiger partial charge is 0.478 e. The molecule has 2 aliphatic rings. The summed E-state index contributed by atoms with van der Waals surface area (Å²) in [6.07, 6.45) is 6.09. The molecule has 0 bridgehead atoms. The van der Waals surface area contributed by atoms with Gasteiger partial charge in [-0.2, -0.15) is 0 Å². The molecule has 0 aliphatic carbocycles. The van der Waals surface area contributed by atoms with Gasteiger partial charge in [0.15, 0.2) is 5.11 Å². The number of aromatic carboxylic acids is 1. The van der Waals surface area contributed by atoms with Crippen molar-refractivity contribution in [3.63, 3.8) is 0 Å². The van der Waals surface area contributed by atoms with Gasteiger partial charge in [-0.05, 0) is 97.7 Å². The van der Waals surface area contributed by atoms with Gasteiger partial charge < -0.3 is 24.8 Å². The molecular weight excluding hydrogens is 542 g/mol. The zero-order chi connectivity index (χ0) is 27.8. The summed E-state index contributed by atoms with van der Waals surface area (Å²) in [5.74, 6) is -0.214. The minimum atomic E-state index is -0.953. The number of halogens is 1. The highest BCUT2D eigenvalue weighted by Gasteiger charge is 2.42. The first-order chi connectivity index (χ1) is 19.4. The highest BCUT2D eigenvalue weighted by atomic mass is 35.5. The fourth-order valence-electron chi connectivity index (χ4n) is 5.72. The molecule has 2 N–H and O–H groups in total. The predicted octanol–water partition coefficient (Wildman–Crippen LogP) is 6.64. The molecule has 4 heterocycles. The minimum Gasteiger partial charge on any atom is -0.478 e. The molecule has 2 fully saturated rings. The second-order valence-electron chi connectivity index (χ2n) is 10.5. The summed E-state index contributed by atoms with van der Waals surface area (Å²) in [6, 6.07) is 22.5. The smallest absolute Gasteiger partial charge is 0.335 e. The van der Waals surface area contributed by atoms with Crippen LogP contribution in [0.25, 0.3) is 5.69 Å². The highest BCUT2D eigenvalue weighted by Crippen LogP contribution is 2.44. The van der Waals surface area contributed by atoms with Crippen LogP contribution in [0.15, 0.2) is 85.2 Å². The molecule has 2 aliphatic heterocycles. The maximum Gasteiger partial charge on any atom is 0.335 e. The molecule has 9 heteroatoms. The summed E-state index contributed by atoms with van der Waals surface area (Å²) in [5.41, 5.74) is 4.90. The van der Waals surface area contributed by atoms with Crippen LogP contribution in [0.1, 0.15) is 53.6 Å². The molecule has 4 aromatic rings. The second-order valence-corrected chi connectivity index (χ2v) is 11.3. The molecule has 0 amide bonds. The van der Waals surface area contributed by atoms with E-state index in [0.717, 1.165) is 60.3 Å². The summed E-state index contributed by atoms with van der Waals surface area (Å²) in [4.78, 5) is 20.6. The lowest BCUT2D eigenvalue weighted by Gasteiger charge is -2.33. The quantitative estimate of drug-likeness (QED) is 0.251. The first kappa shape index (κ1) is 26.3. The Morgan fingerprint density at radius 2 is 1.77 bits per heavy atom. The maximum atomic E-state index is 11.4. The van der Waals surface area contributed by atoms with Crippen molar-refractivity contribution in [2.24, 2.45) is 5.92 Å². The second kappa shape index (κ2) is 10.9. The number of carboxylic acids is 1. The van der Waals surface area contributed by atoms with E-state index in [0.29, 0.717) is 10.1 Å². The Morgan fingerprint density at radius 3 is 2.45 bits per heavy atom. The van der Waals surface area contributed by atoms with Crippen molar-refractivity contribution in [2.75, 3.05) is 22.9 Å². The van der Waals surface area contributed by atoms with Gasteiger partial charge in [0.25, 0.3) is 0 Å². The molecule has 40 heavy (non-hydrogen) atoms. The maximum absolute atomic E-state index is 11.4. The molecule has 0 unspecified atom stereocenters. The van der Waals surface area contributed by atoms with E-state index in [2.05, 4.69) is 49.8 Å². The van der Waals surface area contributed by atoms with E-state index >= 15 is 0 Å². The van der Waals surface area contributed by atoms with Gasteiger partial charge in [-0.25, -0.2) is 4.79 Å². The van der Waals surface area contributed by atoms with Crippen LogP contribution in [0.3, 0.4) is 0 Å². The van der Waals surface area contributed by atoms with E-state index in [1.165, 1.54) is 0 Å². The van der Waals surface area contributed by atoms with Gasteiger partial charge in [0.1, 0.15) is 6.04 Å². The number of hydrogen-bond donors (Lipinski definition) is 2. The summed E-state index contributed by atoms with van der Waals surface area (Å²) < 4.78 is 2.07. The van der Waals surface area contributed by atoms with Crippen LogP contribution in [0.4, 0.5) is 11.4 Å². The van der Waals surface area contributed by atoms with Crippen LogP contribution < -0.4 is 15.1 Å². The standard InChI is InChI=1S/C31H30ClN5O2S/c1-20-13-17-35(18-14-20)26-12-11-23(19-24(26)32)37-29(28(34-31(37)40)25-5-2-3-15-33-25)27-6-4-16-36(27)22-9-7-21(8-10-22)30(38)39/h2-12,15-16,19-20,28-29H,13-14,17-18H2,1H3,(H,34,40)(H,38,39)/t28-,29+/m1/s1. The predicted molar refractivity (Wildman–Crippen MR) is 163 cm³/mol. The van der Waals surface area contributed by atoms with Crippen LogP contribution >= 0.6 is 23.8 Å². The van der Waals surface area contributed by atoms with Crippen molar-refractivity contribution in [2.45, 2.75) is 31.8 Å². The Kier molecular flexibility index (Phi) is 7.21. The van der Waals surface area contributed by atoms with Crippen molar-refractivity contribution in [3.05, 3.63) is 107 Å². The van der Waals surface area contributed by atoms with E-state index in [1.807, 2.05) is 48.7 Å². The Labute approximate surface area is 244 Å². The van der Waals surface area contributed by atoms with Crippen molar-refractivity contribution in [3.8, 4) is 5.69 Å². The fourth-order valence-corrected chi connectivity index (χ4v) is 6.36. The van der Waals surface area contributed by atoms with Gasteiger partial charge in [0, 0.05) is 42.6 Å². The van der Waals surface area contributed by atoms with E-state index < -0.39 is 5.97 Å². The van der Waals surface area contributed by atoms with Crippen LogP contribution in [-0.4, -0.2) is 38.8 Å². The van der Waals surface area contributed by atoms with E-state index in [1.54, 1.807) is 18.3 Å². The number of nitrogens with zero attached hydrogens (tertiary/aromatic N) is 4. The molecule has 0 spiro atoms. The molecular formula is C31H30ClN5O2S. The molecule has 2 aromatic heterocycles. The number of anilines is 2. The van der Waals surface area contributed by atoms with Crippen molar-refractivity contribution >= 4 is 46.3 Å². The number of rotatable bonds is 6. The number of hydrogen-bond acceptors (Lipinski definition) is 4. The zero-order valence-corrected chi connectivity index (χ0v) is 23.6. The van der Waals surface area contributed by atoms with Crippen LogP contribution in [0, 0.1) is 5.92 Å². The van der Waals surface area contributed by atoms with Crippen LogP contribution in [0.5, 0.6) is 0 Å². The van der Waals surface area contributed by atoms with Gasteiger partial charge in [0.05, 0.1) is 28.0 Å². The lowest BCUT2D eigenvalue weighted by Crippen LogP contribution is -2.33. The topological polar surface area (TPSA) is 73.6 Å². The molecule has 2 atom stereocenters. The number of nitrogens with one attached hydrogen (secondary N) is 1. The Morgan fingerprint density at radius 1 is 1.02 bits per heavy atom. The van der Waals surface area contributed by atoms with Crippen molar-refractivity contribution in [1.82, 2.24) is 14.9 Å². The number of aromatic nitrogens is 2. The molecule has 2 saturated heterocycles. The average Bonchev–Trinajstić information content (AvgIpc) is 3.58. The molecule has 7 nitrogen and oxygen atoms in total. The van der Waals surface area contributed by atoms with Gasteiger partial charge in [-0.3, -0.25) is 4.98 Å². The van der Waals surface area contributed by atoms with Gasteiger partial charge in [-0.15, -0.1) is 0 Å². The minimum absolute atomic E-state index is 0.220. The summed E-state index contributed by atoms with van der Waals surface area (Å²) >= 11 is 12.9. The summed E-state index contributed by atoms with van der Waals surface area (Å²) in [6.45, 7) is 4.31. The third kappa shape index (κ3) is 4.93. The molecule has 0 saturated carbocycles. The Balaban J connectivity index is 1.41. The van der Waals surface area contributed by atoms with E-state index in [9.17, 15) is 9.90 Å². The summed E-state index contributed by atoms with van der Waals surface area (Å²) in [5, 5.41) is 14.2. The normalized spacial score (nSPS) is 19.6. The van der Waals surface area contributed by atoms with Gasteiger partial charge >= 0.3 is 5.97 Å². The number of carbonyl (C=O) groups is 1. The number of pyridine rings is 1. The van der Waals surface area contributed by atoms with Crippen molar-refractivity contribution in [1.29, 1.82) is 0 Å².